The molecule has 2 heterocycles. The molecular formula is C20H23N3O2. The van der Waals surface area contributed by atoms with Crippen molar-refractivity contribution in [2.75, 3.05) is 23.7 Å². The molecule has 130 valence electrons. The van der Waals surface area contributed by atoms with Crippen molar-refractivity contribution < 1.29 is 9.53 Å². The van der Waals surface area contributed by atoms with Gasteiger partial charge in [-0.15, -0.1) is 0 Å². The van der Waals surface area contributed by atoms with Crippen molar-refractivity contribution in [3.05, 3.63) is 53.7 Å². The van der Waals surface area contributed by atoms with Gasteiger partial charge < -0.3 is 15.4 Å². The zero-order chi connectivity index (χ0) is 17.2. The van der Waals surface area contributed by atoms with Gasteiger partial charge in [-0.25, -0.2) is 9.78 Å². The van der Waals surface area contributed by atoms with E-state index in [0.717, 1.165) is 37.4 Å². The number of nitrogens with two attached hydrogens (primary N) is 1. The van der Waals surface area contributed by atoms with Crippen LogP contribution < -0.4 is 10.6 Å². The smallest absolute Gasteiger partial charge is 0.338 e. The fourth-order valence-electron chi connectivity index (χ4n) is 3.43. The molecular weight excluding hydrogens is 314 g/mol. The van der Waals surface area contributed by atoms with Crippen LogP contribution in [0.1, 0.15) is 47.5 Å². The standard InChI is InChI=1S/C20H23N3O2/c21-16-12-18(14-6-7-14)19(22-13-16)23-10-8-17(9-11-23)25-20(24)15-4-2-1-3-5-15/h1-5,12-14,17H,6-11,21H2. The number of rotatable bonds is 4. The second-order valence-corrected chi connectivity index (χ2v) is 6.91. The summed E-state index contributed by atoms with van der Waals surface area (Å²) in [4.78, 5) is 19.1. The molecule has 25 heavy (non-hydrogen) atoms. The molecule has 1 aromatic carbocycles. The molecule has 0 unspecified atom stereocenters. The number of hydrogen-bond acceptors (Lipinski definition) is 5. The van der Waals surface area contributed by atoms with E-state index >= 15 is 0 Å². The molecule has 0 atom stereocenters. The number of anilines is 2. The zero-order valence-corrected chi connectivity index (χ0v) is 14.2. The summed E-state index contributed by atoms with van der Waals surface area (Å²) >= 11 is 0. The minimum atomic E-state index is -0.233. The molecule has 2 N–H and O–H groups in total. The van der Waals surface area contributed by atoms with Crippen LogP contribution in [0.2, 0.25) is 0 Å². The van der Waals surface area contributed by atoms with E-state index < -0.39 is 0 Å². The van der Waals surface area contributed by atoms with Crippen molar-refractivity contribution >= 4 is 17.5 Å². The molecule has 0 amide bonds. The van der Waals surface area contributed by atoms with Crippen LogP contribution in [0.5, 0.6) is 0 Å². The third-order valence-electron chi connectivity index (χ3n) is 4.96. The Morgan fingerprint density at radius 2 is 1.84 bits per heavy atom. The number of hydrogen-bond donors (Lipinski definition) is 1. The van der Waals surface area contributed by atoms with Gasteiger partial charge in [-0.2, -0.15) is 0 Å². The minimum Gasteiger partial charge on any atom is -0.459 e. The van der Waals surface area contributed by atoms with Crippen molar-refractivity contribution in [3.63, 3.8) is 0 Å². The highest BCUT2D eigenvalue weighted by atomic mass is 16.5. The Hall–Kier alpha value is -2.56. The Morgan fingerprint density at radius 1 is 1.12 bits per heavy atom. The van der Waals surface area contributed by atoms with Gasteiger partial charge in [0.25, 0.3) is 0 Å². The summed E-state index contributed by atoms with van der Waals surface area (Å²) in [5.41, 5.74) is 8.54. The number of pyridine rings is 1. The second kappa shape index (κ2) is 6.75. The molecule has 0 bridgehead atoms. The normalized spacial score (nSPS) is 18.2. The molecule has 1 saturated carbocycles. The number of aromatic nitrogens is 1. The lowest BCUT2D eigenvalue weighted by Crippen LogP contribution is -2.38. The average Bonchev–Trinajstić information content (AvgIpc) is 3.48. The van der Waals surface area contributed by atoms with Gasteiger partial charge in [0.05, 0.1) is 17.4 Å². The highest BCUT2D eigenvalue weighted by Crippen LogP contribution is 2.44. The summed E-state index contributed by atoms with van der Waals surface area (Å²) in [6, 6.07) is 11.2. The first-order valence-corrected chi connectivity index (χ1v) is 8.97. The summed E-state index contributed by atoms with van der Waals surface area (Å²) in [7, 11) is 0. The van der Waals surface area contributed by atoms with Crippen LogP contribution in [0, 0.1) is 0 Å². The maximum absolute atomic E-state index is 12.2. The monoisotopic (exact) mass is 337 g/mol. The molecule has 2 aromatic rings. The quantitative estimate of drug-likeness (QED) is 0.866. The van der Waals surface area contributed by atoms with Gasteiger partial charge in [0.1, 0.15) is 11.9 Å². The van der Waals surface area contributed by atoms with E-state index in [4.69, 9.17) is 10.5 Å². The van der Waals surface area contributed by atoms with E-state index in [1.807, 2.05) is 18.2 Å². The van der Waals surface area contributed by atoms with Gasteiger partial charge in [0.15, 0.2) is 0 Å². The van der Waals surface area contributed by atoms with Crippen LogP contribution in [0.4, 0.5) is 11.5 Å². The van der Waals surface area contributed by atoms with E-state index in [1.54, 1.807) is 18.3 Å². The number of esters is 1. The lowest BCUT2D eigenvalue weighted by atomic mass is 10.1. The molecule has 5 heteroatoms. The summed E-state index contributed by atoms with van der Waals surface area (Å²) in [5.74, 6) is 1.44. The molecule has 1 saturated heterocycles. The van der Waals surface area contributed by atoms with Crippen LogP contribution in [0.25, 0.3) is 0 Å². The first-order chi connectivity index (χ1) is 12.2. The number of nitrogen functional groups attached to an aromatic ring is 1. The number of carbonyl (C=O) groups excluding carboxylic acids is 1. The minimum absolute atomic E-state index is 0.0258. The van der Waals surface area contributed by atoms with Crippen LogP contribution in [0.3, 0.4) is 0 Å². The Morgan fingerprint density at radius 3 is 2.52 bits per heavy atom. The predicted molar refractivity (Wildman–Crippen MR) is 97.7 cm³/mol. The van der Waals surface area contributed by atoms with Crippen molar-refractivity contribution in [2.24, 2.45) is 0 Å². The van der Waals surface area contributed by atoms with Gasteiger partial charge in [0.2, 0.25) is 0 Å². The Balaban J connectivity index is 1.38. The average molecular weight is 337 g/mol. The molecule has 2 fully saturated rings. The SMILES string of the molecule is Nc1cnc(N2CCC(OC(=O)c3ccccc3)CC2)c(C2CC2)c1. The zero-order valence-electron chi connectivity index (χ0n) is 14.2. The fourth-order valence-corrected chi connectivity index (χ4v) is 3.43. The number of benzene rings is 1. The topological polar surface area (TPSA) is 68.4 Å². The van der Waals surface area contributed by atoms with Crippen LogP contribution in [-0.4, -0.2) is 30.1 Å². The third-order valence-corrected chi connectivity index (χ3v) is 4.96. The molecule has 0 spiro atoms. The maximum atomic E-state index is 12.2. The largest absolute Gasteiger partial charge is 0.459 e. The number of nitrogens with zero attached hydrogens (tertiary/aromatic N) is 2. The van der Waals surface area contributed by atoms with Crippen molar-refractivity contribution in [2.45, 2.75) is 37.7 Å². The van der Waals surface area contributed by atoms with E-state index in [9.17, 15) is 4.79 Å². The van der Waals surface area contributed by atoms with Crippen LogP contribution in [0.15, 0.2) is 42.6 Å². The molecule has 4 rings (SSSR count). The Labute approximate surface area is 147 Å². The van der Waals surface area contributed by atoms with Gasteiger partial charge in [-0.05, 0) is 42.5 Å². The molecule has 1 aliphatic carbocycles. The molecule has 0 radical (unpaired) electrons. The van der Waals surface area contributed by atoms with E-state index in [-0.39, 0.29) is 12.1 Å². The lowest BCUT2D eigenvalue weighted by Gasteiger charge is -2.33. The number of ether oxygens (including phenoxy) is 1. The Bertz CT molecular complexity index is 751. The summed E-state index contributed by atoms with van der Waals surface area (Å²) in [6.45, 7) is 1.70. The van der Waals surface area contributed by atoms with Crippen LogP contribution >= 0.6 is 0 Å². The Kier molecular flexibility index (Phi) is 4.30. The first kappa shape index (κ1) is 15.9. The second-order valence-electron chi connectivity index (χ2n) is 6.91. The van der Waals surface area contributed by atoms with Crippen LogP contribution in [-0.2, 0) is 4.74 Å². The highest BCUT2D eigenvalue weighted by molar-refractivity contribution is 5.89. The predicted octanol–water partition coefficient (Wildman–Crippen LogP) is 3.37. The third kappa shape index (κ3) is 3.60. The van der Waals surface area contributed by atoms with E-state index in [1.165, 1.54) is 18.4 Å². The summed E-state index contributed by atoms with van der Waals surface area (Å²) in [6.07, 6.45) is 5.82. The van der Waals surface area contributed by atoms with Crippen molar-refractivity contribution in [3.8, 4) is 0 Å². The van der Waals surface area contributed by atoms with E-state index in [2.05, 4.69) is 16.0 Å². The van der Waals surface area contributed by atoms with E-state index in [0.29, 0.717) is 11.5 Å². The van der Waals surface area contributed by atoms with Gasteiger partial charge >= 0.3 is 5.97 Å². The molecule has 2 aliphatic rings. The fraction of sp³-hybridized carbons (Fsp3) is 0.400. The molecule has 1 aromatic heterocycles. The van der Waals surface area contributed by atoms with Gasteiger partial charge in [-0.1, -0.05) is 18.2 Å². The lowest BCUT2D eigenvalue weighted by molar-refractivity contribution is 0.0244. The summed E-state index contributed by atoms with van der Waals surface area (Å²) < 4.78 is 5.66. The maximum Gasteiger partial charge on any atom is 0.338 e. The summed E-state index contributed by atoms with van der Waals surface area (Å²) in [5, 5.41) is 0. The van der Waals surface area contributed by atoms with Gasteiger partial charge in [-0.3, -0.25) is 0 Å². The first-order valence-electron chi connectivity index (χ1n) is 8.97. The number of piperidine rings is 1. The molecule has 5 nitrogen and oxygen atoms in total. The highest BCUT2D eigenvalue weighted by Gasteiger charge is 2.31. The van der Waals surface area contributed by atoms with Crippen molar-refractivity contribution in [1.82, 2.24) is 4.98 Å². The molecule has 1 aliphatic heterocycles. The van der Waals surface area contributed by atoms with Gasteiger partial charge in [0, 0.05) is 25.9 Å². The van der Waals surface area contributed by atoms with Crippen molar-refractivity contribution in [1.29, 1.82) is 0 Å². The number of carbonyl (C=O) groups is 1.